The topological polar surface area (TPSA) is 123 Å². The molecule has 9 heteroatoms. The first-order valence-corrected chi connectivity index (χ1v) is 9.00. The highest BCUT2D eigenvalue weighted by atomic mass is 32.2. The fourth-order valence-corrected chi connectivity index (χ4v) is 3.11. The van der Waals surface area contributed by atoms with E-state index in [0.29, 0.717) is 12.3 Å². The summed E-state index contributed by atoms with van der Waals surface area (Å²) in [5.74, 6) is 1.84. The molecule has 26 heavy (non-hydrogen) atoms. The van der Waals surface area contributed by atoms with Gasteiger partial charge in [-0.05, 0) is 37.6 Å². The van der Waals surface area contributed by atoms with E-state index in [1.807, 2.05) is 32.0 Å². The smallest absolute Gasteiger partial charge is 0.269 e. The predicted octanol–water partition coefficient (Wildman–Crippen LogP) is 2.71. The lowest BCUT2D eigenvalue weighted by atomic mass is 10.1. The van der Waals surface area contributed by atoms with E-state index in [0.717, 1.165) is 11.5 Å². The van der Waals surface area contributed by atoms with E-state index < -0.39 is 11.2 Å². The van der Waals surface area contributed by atoms with Gasteiger partial charge in [-0.25, -0.2) is 4.21 Å². The van der Waals surface area contributed by atoms with Crippen molar-refractivity contribution < 1.29 is 13.7 Å². The number of anilines is 1. The van der Waals surface area contributed by atoms with Crippen molar-refractivity contribution in [2.24, 2.45) is 8.80 Å². The molecule has 0 saturated heterocycles. The van der Waals surface area contributed by atoms with E-state index in [2.05, 4.69) is 19.4 Å². The fourth-order valence-electron chi connectivity index (χ4n) is 2.48. The van der Waals surface area contributed by atoms with Crippen LogP contribution in [0.1, 0.15) is 36.5 Å². The number of hydrogen-bond acceptors (Lipinski definition) is 6. The number of nitrogens with zero attached hydrogens (tertiary/aromatic N) is 3. The zero-order valence-electron chi connectivity index (χ0n) is 14.2. The molecule has 0 radical (unpaired) electrons. The van der Waals surface area contributed by atoms with Crippen molar-refractivity contribution in [2.45, 2.75) is 26.3 Å². The second kappa shape index (κ2) is 7.41. The number of aromatic hydroxyl groups is 1. The molecule has 2 aromatic rings. The van der Waals surface area contributed by atoms with E-state index >= 15 is 0 Å². The number of phenols is 1. The Balaban J connectivity index is 1.82. The lowest BCUT2D eigenvalue weighted by Crippen LogP contribution is -2.36. The van der Waals surface area contributed by atoms with E-state index in [1.165, 1.54) is 6.07 Å². The Bertz CT molecular complexity index is 958. The number of furan rings is 1. The molecule has 134 valence electrons. The molecule has 0 amide bonds. The fraction of sp³-hybridized carbons (Fsp3) is 0.235. The minimum atomic E-state index is -1.77. The Hall–Kier alpha value is -3.12. The lowest BCUT2D eigenvalue weighted by molar-refractivity contribution is 0.424. The van der Waals surface area contributed by atoms with Crippen LogP contribution in [0.4, 0.5) is 5.69 Å². The van der Waals surface area contributed by atoms with Gasteiger partial charge in [0.25, 0.3) is 11.2 Å². The van der Waals surface area contributed by atoms with Crippen LogP contribution < -0.4 is 10.6 Å². The Kier molecular flexibility index (Phi) is 5.04. The van der Waals surface area contributed by atoms with Gasteiger partial charge in [-0.3, -0.25) is 0 Å². The van der Waals surface area contributed by atoms with Crippen LogP contribution in [0.2, 0.25) is 0 Å². The number of hydrogen-bond donors (Lipinski definition) is 3. The maximum absolute atomic E-state index is 11.8. The Labute approximate surface area is 153 Å². The maximum Gasteiger partial charge on any atom is 0.269 e. The zero-order chi connectivity index (χ0) is 18.7. The molecule has 2 atom stereocenters. The molecule has 8 nitrogen and oxygen atoms in total. The summed E-state index contributed by atoms with van der Waals surface area (Å²) < 4.78 is 25.4. The number of amidine groups is 2. The van der Waals surface area contributed by atoms with Gasteiger partial charge >= 0.3 is 0 Å². The molecule has 1 aromatic carbocycles. The third-order valence-electron chi connectivity index (χ3n) is 3.80. The molecule has 0 saturated carbocycles. The van der Waals surface area contributed by atoms with Gasteiger partial charge in [0.05, 0.1) is 17.3 Å². The highest BCUT2D eigenvalue weighted by Gasteiger charge is 2.24. The van der Waals surface area contributed by atoms with Crippen LogP contribution in [0.3, 0.4) is 0 Å². The third kappa shape index (κ3) is 3.60. The van der Waals surface area contributed by atoms with E-state index in [1.54, 1.807) is 12.1 Å². The summed E-state index contributed by atoms with van der Waals surface area (Å²) in [6.07, 6.45) is 0.709. The molecular weight excluding hydrogens is 354 g/mol. The summed E-state index contributed by atoms with van der Waals surface area (Å²) >= 11 is -1.77. The van der Waals surface area contributed by atoms with Gasteiger partial charge in [0.15, 0.2) is 17.4 Å². The minimum absolute atomic E-state index is 0.124. The van der Waals surface area contributed by atoms with Crippen LogP contribution in [0.5, 0.6) is 5.75 Å². The van der Waals surface area contributed by atoms with E-state index in [9.17, 15) is 9.32 Å². The first-order chi connectivity index (χ1) is 12.5. The molecule has 1 unspecified atom stereocenters. The van der Waals surface area contributed by atoms with Crippen LogP contribution in [0.15, 0.2) is 43.5 Å². The molecule has 3 rings (SSSR count). The number of benzene rings is 1. The predicted molar refractivity (Wildman–Crippen MR) is 99.1 cm³/mol. The Morgan fingerprint density at radius 3 is 2.73 bits per heavy atom. The van der Waals surface area contributed by atoms with Crippen molar-refractivity contribution in [2.75, 3.05) is 5.32 Å². The van der Waals surface area contributed by atoms with Crippen molar-refractivity contribution in [1.29, 1.82) is 5.26 Å². The van der Waals surface area contributed by atoms with Gasteiger partial charge < -0.3 is 20.2 Å². The van der Waals surface area contributed by atoms with Crippen LogP contribution >= 0.6 is 0 Å². The molecule has 1 aliphatic rings. The third-order valence-corrected chi connectivity index (χ3v) is 4.47. The SMILES string of the molecule is CC[C@@H](NC1=NS(=O)N=C1Nc1cccc(C#N)c1O)c1ccc(C)o1. The lowest BCUT2D eigenvalue weighted by Gasteiger charge is -2.17. The first kappa shape index (κ1) is 17.7. The molecule has 1 aliphatic heterocycles. The monoisotopic (exact) mass is 371 g/mol. The van der Waals surface area contributed by atoms with Crippen molar-refractivity contribution in [3.05, 3.63) is 47.4 Å². The number of rotatable bonds is 4. The molecule has 1 aromatic heterocycles. The second-order valence-corrected chi connectivity index (χ2v) is 6.43. The highest BCUT2D eigenvalue weighted by molar-refractivity contribution is 7.83. The van der Waals surface area contributed by atoms with Gasteiger partial charge in [0.1, 0.15) is 17.6 Å². The van der Waals surface area contributed by atoms with Crippen LogP contribution in [0, 0.1) is 18.3 Å². The number of phenolic OH excluding ortho intramolecular Hbond substituents is 1. The summed E-state index contributed by atoms with van der Waals surface area (Å²) in [6, 6.07) is 10.2. The van der Waals surface area contributed by atoms with Gasteiger partial charge in [-0.15, -0.1) is 8.80 Å². The van der Waals surface area contributed by atoms with Crippen molar-refractivity contribution in [3.8, 4) is 11.8 Å². The van der Waals surface area contributed by atoms with Gasteiger partial charge in [-0.2, -0.15) is 5.26 Å². The van der Waals surface area contributed by atoms with E-state index in [-0.39, 0.29) is 28.9 Å². The summed E-state index contributed by atoms with van der Waals surface area (Å²) in [4.78, 5) is 0. The summed E-state index contributed by atoms with van der Waals surface area (Å²) in [6.45, 7) is 3.84. The van der Waals surface area contributed by atoms with Crippen molar-refractivity contribution in [1.82, 2.24) is 5.32 Å². The molecule has 0 fully saturated rings. The molecular formula is C17H17N5O3S. The first-order valence-electron chi connectivity index (χ1n) is 7.93. The van der Waals surface area contributed by atoms with Crippen molar-refractivity contribution >= 4 is 28.5 Å². The number of para-hydroxylation sites is 1. The number of aryl methyl sites for hydroxylation is 1. The molecule has 0 bridgehead atoms. The quantitative estimate of drug-likeness (QED) is 0.710. The average Bonchev–Trinajstić information content (AvgIpc) is 3.20. The normalized spacial score (nSPS) is 17.2. The summed E-state index contributed by atoms with van der Waals surface area (Å²) in [5, 5.41) is 25.2. The molecule has 2 heterocycles. The average molecular weight is 371 g/mol. The van der Waals surface area contributed by atoms with Crippen LogP contribution in [0.25, 0.3) is 0 Å². The minimum Gasteiger partial charge on any atom is -0.504 e. The molecule has 3 N–H and O–H groups in total. The highest BCUT2D eigenvalue weighted by Crippen LogP contribution is 2.27. The van der Waals surface area contributed by atoms with Crippen LogP contribution in [-0.2, 0) is 11.2 Å². The standard InChI is InChI=1S/C17H17N5O3S/c1-3-12(14-8-7-10(2)25-14)19-16-17(22-26(24)21-16)20-13-6-4-5-11(9-18)15(13)23/h4-8,12,23H,3H2,1-2H3,(H,19,21)(H,20,22)/t12-,26?/m1/s1. The Morgan fingerprint density at radius 2 is 2.08 bits per heavy atom. The van der Waals surface area contributed by atoms with Gasteiger partial charge in [-0.1, -0.05) is 13.0 Å². The Morgan fingerprint density at radius 1 is 1.31 bits per heavy atom. The van der Waals surface area contributed by atoms with Gasteiger partial charge in [0.2, 0.25) is 0 Å². The van der Waals surface area contributed by atoms with Crippen LogP contribution in [-0.4, -0.2) is 21.0 Å². The summed E-state index contributed by atoms with van der Waals surface area (Å²) in [7, 11) is 0. The van der Waals surface area contributed by atoms with Crippen molar-refractivity contribution in [3.63, 3.8) is 0 Å². The number of nitrogens with one attached hydrogen (secondary N) is 2. The van der Waals surface area contributed by atoms with Gasteiger partial charge in [0, 0.05) is 0 Å². The maximum atomic E-state index is 11.8. The molecule has 0 spiro atoms. The zero-order valence-corrected chi connectivity index (χ0v) is 15.0. The molecule has 0 aliphatic carbocycles. The van der Waals surface area contributed by atoms with E-state index in [4.69, 9.17) is 9.68 Å². The number of nitriles is 1. The summed E-state index contributed by atoms with van der Waals surface area (Å²) in [5.41, 5.74) is 0.400. The largest absolute Gasteiger partial charge is 0.504 e. The second-order valence-electron chi connectivity index (χ2n) is 5.60.